The molecular weight excluding hydrogens is 444 g/mol. The van der Waals surface area contributed by atoms with Crippen molar-refractivity contribution in [2.45, 2.75) is 58.6 Å². The first-order chi connectivity index (χ1) is 16.4. The fraction of sp³-hybridized carbons (Fsp3) is 0.536. The van der Waals surface area contributed by atoms with E-state index < -0.39 is 6.10 Å². The molecule has 1 aromatic heterocycles. The zero-order chi connectivity index (χ0) is 24.5. The summed E-state index contributed by atoms with van der Waals surface area (Å²) in [6.45, 7) is 12.9. The molecule has 1 aromatic carbocycles. The maximum absolute atomic E-state index is 13.6. The monoisotopic (exact) mass is 484 g/mol. The number of aliphatic hydroxyl groups is 1. The standard InChI is InChI=1S/C28H40N2O3S/c1-5-7-10-23(31)18-29(17-21(3)6-2)19-28(32)30-14-12-27-25(13-15-34-27)26(30)20-33-24-11-8-9-22(4)16-24/h5,8-9,11,13,15-16,21,23,26,31H,1,6-7,10,12,14,17-20H2,2-4H3/t21-,23-,26+/m0/s1. The van der Waals surface area contributed by atoms with Crippen LogP contribution in [0.5, 0.6) is 5.75 Å². The molecule has 0 unspecified atom stereocenters. The predicted molar refractivity (Wildman–Crippen MR) is 140 cm³/mol. The minimum atomic E-state index is -0.458. The molecule has 2 heterocycles. The lowest BCUT2D eigenvalue weighted by Crippen LogP contribution is -2.48. The van der Waals surface area contributed by atoms with E-state index >= 15 is 0 Å². The maximum atomic E-state index is 13.6. The molecule has 0 saturated carbocycles. The first-order valence-corrected chi connectivity index (χ1v) is 13.4. The van der Waals surface area contributed by atoms with Crippen molar-refractivity contribution in [3.8, 4) is 5.75 Å². The first-order valence-electron chi connectivity index (χ1n) is 12.5. The van der Waals surface area contributed by atoms with E-state index in [1.807, 2.05) is 29.2 Å². The predicted octanol–water partition coefficient (Wildman–Crippen LogP) is 5.24. The van der Waals surface area contributed by atoms with E-state index in [0.29, 0.717) is 38.6 Å². The van der Waals surface area contributed by atoms with E-state index in [1.54, 1.807) is 11.3 Å². The SMILES string of the molecule is C=CCC[C@H](O)CN(CC(=O)N1CCc2sccc2[C@H]1COc1cccc(C)c1)C[C@@H](C)CC. The van der Waals surface area contributed by atoms with E-state index in [0.717, 1.165) is 37.1 Å². The highest BCUT2D eigenvalue weighted by Crippen LogP contribution is 2.34. The fourth-order valence-electron chi connectivity index (χ4n) is 4.51. The summed E-state index contributed by atoms with van der Waals surface area (Å²) in [5, 5.41) is 12.6. The number of allylic oxidation sites excluding steroid dienone is 1. The molecule has 5 nitrogen and oxygen atoms in total. The fourth-order valence-corrected chi connectivity index (χ4v) is 5.44. The molecule has 1 aliphatic rings. The molecule has 1 aliphatic heterocycles. The lowest BCUT2D eigenvalue weighted by Gasteiger charge is -2.37. The quantitative estimate of drug-likeness (QED) is 0.395. The molecule has 0 fully saturated rings. The highest BCUT2D eigenvalue weighted by atomic mass is 32.1. The Morgan fingerprint density at radius 2 is 2.21 bits per heavy atom. The largest absolute Gasteiger partial charge is 0.491 e. The van der Waals surface area contributed by atoms with E-state index in [1.165, 1.54) is 10.4 Å². The lowest BCUT2D eigenvalue weighted by atomic mass is 10.00. The number of aliphatic hydroxyl groups excluding tert-OH is 1. The molecule has 0 bridgehead atoms. The Labute approximate surface area is 209 Å². The molecule has 3 atom stereocenters. The van der Waals surface area contributed by atoms with Crippen molar-refractivity contribution in [3.63, 3.8) is 0 Å². The summed E-state index contributed by atoms with van der Waals surface area (Å²) in [5.41, 5.74) is 2.36. The second kappa shape index (κ2) is 13.1. The van der Waals surface area contributed by atoms with E-state index in [2.05, 4.69) is 49.8 Å². The van der Waals surface area contributed by atoms with Gasteiger partial charge in [-0.2, -0.15) is 0 Å². The van der Waals surface area contributed by atoms with Crippen molar-refractivity contribution in [2.24, 2.45) is 5.92 Å². The molecule has 6 heteroatoms. The summed E-state index contributed by atoms with van der Waals surface area (Å²) in [6.07, 6.45) is 4.75. The van der Waals surface area contributed by atoms with Gasteiger partial charge < -0.3 is 14.7 Å². The van der Waals surface area contributed by atoms with Gasteiger partial charge >= 0.3 is 0 Å². The summed E-state index contributed by atoms with van der Waals surface area (Å²) in [4.78, 5) is 19.1. The Bertz CT molecular complexity index is 928. The number of carbonyl (C=O) groups is 1. The molecule has 2 aromatic rings. The molecule has 0 spiro atoms. The molecule has 3 rings (SSSR count). The third kappa shape index (κ3) is 7.42. The summed E-state index contributed by atoms with van der Waals surface area (Å²) in [7, 11) is 0. The Morgan fingerprint density at radius 3 is 2.94 bits per heavy atom. The molecule has 34 heavy (non-hydrogen) atoms. The number of nitrogens with zero attached hydrogens (tertiary/aromatic N) is 2. The number of fused-ring (bicyclic) bond motifs is 1. The Morgan fingerprint density at radius 1 is 1.38 bits per heavy atom. The van der Waals surface area contributed by atoms with Crippen LogP contribution < -0.4 is 4.74 Å². The van der Waals surface area contributed by atoms with Gasteiger partial charge in [-0.3, -0.25) is 9.69 Å². The van der Waals surface area contributed by atoms with Crippen molar-refractivity contribution < 1.29 is 14.6 Å². The number of hydrogen-bond acceptors (Lipinski definition) is 5. The number of ether oxygens (including phenoxy) is 1. The van der Waals surface area contributed by atoms with Crippen LogP contribution >= 0.6 is 11.3 Å². The van der Waals surface area contributed by atoms with Crippen LogP contribution in [0.4, 0.5) is 0 Å². The number of carbonyl (C=O) groups excluding carboxylic acids is 1. The minimum Gasteiger partial charge on any atom is -0.491 e. The summed E-state index contributed by atoms with van der Waals surface area (Å²) >= 11 is 1.76. The molecule has 0 radical (unpaired) electrons. The van der Waals surface area contributed by atoms with Crippen molar-refractivity contribution in [3.05, 3.63) is 64.4 Å². The zero-order valence-corrected chi connectivity index (χ0v) is 21.7. The van der Waals surface area contributed by atoms with Gasteiger partial charge in [-0.15, -0.1) is 17.9 Å². The van der Waals surface area contributed by atoms with Crippen molar-refractivity contribution >= 4 is 17.2 Å². The van der Waals surface area contributed by atoms with Gasteiger partial charge in [0.05, 0.1) is 18.7 Å². The highest BCUT2D eigenvalue weighted by molar-refractivity contribution is 7.10. The van der Waals surface area contributed by atoms with Gasteiger partial charge in [0.25, 0.3) is 0 Å². The number of benzene rings is 1. The third-order valence-corrected chi connectivity index (χ3v) is 7.61. The van der Waals surface area contributed by atoms with Crippen LogP contribution in [0, 0.1) is 12.8 Å². The molecule has 186 valence electrons. The number of amides is 1. The van der Waals surface area contributed by atoms with Crippen LogP contribution in [0.25, 0.3) is 0 Å². The van der Waals surface area contributed by atoms with Gasteiger partial charge in [0.15, 0.2) is 0 Å². The van der Waals surface area contributed by atoms with E-state index in [-0.39, 0.29) is 11.9 Å². The van der Waals surface area contributed by atoms with Gasteiger partial charge in [-0.25, -0.2) is 0 Å². The highest BCUT2D eigenvalue weighted by Gasteiger charge is 2.33. The topological polar surface area (TPSA) is 53.0 Å². The average molecular weight is 485 g/mol. The first kappa shape index (κ1) is 26.5. The Balaban J connectivity index is 1.72. The van der Waals surface area contributed by atoms with Gasteiger partial charge in [0.1, 0.15) is 12.4 Å². The van der Waals surface area contributed by atoms with Gasteiger partial charge in [-0.1, -0.05) is 38.5 Å². The smallest absolute Gasteiger partial charge is 0.237 e. The minimum absolute atomic E-state index is 0.0980. The normalized spacial score (nSPS) is 17.3. The van der Waals surface area contributed by atoms with Gasteiger partial charge in [0.2, 0.25) is 5.91 Å². The number of aryl methyl sites for hydroxylation is 1. The zero-order valence-electron chi connectivity index (χ0n) is 20.9. The number of rotatable bonds is 13. The number of thiophene rings is 1. The summed E-state index contributed by atoms with van der Waals surface area (Å²) in [5.74, 6) is 1.40. The van der Waals surface area contributed by atoms with Gasteiger partial charge in [-0.05, 0) is 66.8 Å². The van der Waals surface area contributed by atoms with Crippen LogP contribution in [0.1, 0.15) is 55.2 Å². The molecule has 0 saturated heterocycles. The molecule has 0 aliphatic carbocycles. The Kier molecular flexibility index (Phi) is 10.2. The van der Waals surface area contributed by atoms with Crippen LogP contribution in [0.3, 0.4) is 0 Å². The third-order valence-electron chi connectivity index (χ3n) is 6.61. The second-order valence-electron chi connectivity index (χ2n) is 9.51. The van der Waals surface area contributed by atoms with Gasteiger partial charge in [0, 0.05) is 24.5 Å². The molecule has 1 amide bonds. The van der Waals surface area contributed by atoms with E-state index in [4.69, 9.17) is 4.74 Å². The van der Waals surface area contributed by atoms with Crippen molar-refractivity contribution in [1.82, 2.24) is 9.80 Å². The summed E-state index contributed by atoms with van der Waals surface area (Å²) in [6, 6.07) is 10.1. The molecular formula is C28H40N2O3S. The molecule has 1 N–H and O–H groups in total. The van der Waals surface area contributed by atoms with Crippen LogP contribution in [0.15, 0.2) is 48.4 Å². The van der Waals surface area contributed by atoms with Crippen LogP contribution in [0.2, 0.25) is 0 Å². The lowest BCUT2D eigenvalue weighted by molar-refractivity contribution is -0.136. The van der Waals surface area contributed by atoms with E-state index in [9.17, 15) is 9.90 Å². The summed E-state index contributed by atoms with van der Waals surface area (Å²) < 4.78 is 6.18. The number of hydrogen-bond donors (Lipinski definition) is 1. The van der Waals surface area contributed by atoms with Crippen molar-refractivity contribution in [2.75, 3.05) is 32.8 Å². The van der Waals surface area contributed by atoms with Crippen LogP contribution in [-0.4, -0.2) is 59.7 Å². The average Bonchev–Trinajstić information content (AvgIpc) is 3.30. The van der Waals surface area contributed by atoms with Crippen LogP contribution in [-0.2, 0) is 11.2 Å². The second-order valence-corrected chi connectivity index (χ2v) is 10.5. The van der Waals surface area contributed by atoms with Crippen molar-refractivity contribution in [1.29, 1.82) is 0 Å². The maximum Gasteiger partial charge on any atom is 0.237 e. The Hall–Kier alpha value is -2.15.